The van der Waals surface area contributed by atoms with Crippen LogP contribution in [0.3, 0.4) is 0 Å². The van der Waals surface area contributed by atoms with Crippen molar-refractivity contribution in [3.05, 3.63) is 35.5 Å². The normalized spacial score (nSPS) is 23.8. The van der Waals surface area contributed by atoms with Crippen molar-refractivity contribution in [1.82, 2.24) is 0 Å². The van der Waals surface area contributed by atoms with E-state index in [-0.39, 0.29) is 58.8 Å². The molecule has 0 spiro atoms. The van der Waals surface area contributed by atoms with Crippen LogP contribution < -0.4 is 17.2 Å². The van der Waals surface area contributed by atoms with E-state index in [0.717, 1.165) is 6.42 Å². The molecule has 49 heavy (non-hydrogen) atoms. The Morgan fingerprint density at radius 2 is 1.12 bits per heavy atom. The monoisotopic (exact) mass is 705 g/mol. The van der Waals surface area contributed by atoms with Gasteiger partial charge in [-0.2, -0.15) is 0 Å². The van der Waals surface area contributed by atoms with E-state index in [1.807, 2.05) is 6.92 Å². The first kappa shape index (κ1) is 43.7. The molecule has 282 valence electrons. The van der Waals surface area contributed by atoms with Crippen LogP contribution in [0.1, 0.15) is 40.5 Å². The van der Waals surface area contributed by atoms with Gasteiger partial charge in [0.05, 0.1) is 62.5 Å². The summed E-state index contributed by atoms with van der Waals surface area (Å²) >= 11 is 0. The zero-order valence-corrected chi connectivity index (χ0v) is 29.0. The van der Waals surface area contributed by atoms with Crippen LogP contribution in [-0.4, -0.2) is 136 Å². The number of rotatable bonds is 26. The Bertz CT molecular complexity index is 1100. The highest BCUT2D eigenvalue weighted by atomic mass is 16.6. The van der Waals surface area contributed by atoms with Crippen LogP contribution in [0.4, 0.5) is 0 Å². The Hall–Kier alpha value is -3.29. The third kappa shape index (κ3) is 17.3. The number of carboxylic acid groups (broad SMARTS) is 3. The van der Waals surface area contributed by atoms with Crippen LogP contribution in [0, 0.1) is 5.92 Å². The lowest BCUT2D eigenvalue weighted by Gasteiger charge is -2.46. The van der Waals surface area contributed by atoms with E-state index in [0.29, 0.717) is 23.7 Å². The van der Waals surface area contributed by atoms with Gasteiger partial charge in [0.1, 0.15) is 50.2 Å². The first-order valence-electron chi connectivity index (χ1n) is 16.0. The lowest BCUT2D eigenvalue weighted by molar-refractivity contribution is -0.242. The molecule has 17 nitrogen and oxygen atoms in total. The Labute approximate surface area is 287 Å². The van der Waals surface area contributed by atoms with Crippen molar-refractivity contribution in [2.45, 2.75) is 83.1 Å². The molecule has 0 aromatic carbocycles. The van der Waals surface area contributed by atoms with E-state index >= 15 is 0 Å². The van der Waals surface area contributed by atoms with Crippen LogP contribution in [0.25, 0.3) is 0 Å². The van der Waals surface area contributed by atoms with Crippen molar-refractivity contribution in [1.29, 1.82) is 0 Å². The molecule has 0 radical (unpaired) electrons. The number of methoxy groups -OCH3 is 1. The molecule has 0 aromatic rings. The van der Waals surface area contributed by atoms with Gasteiger partial charge in [0.25, 0.3) is 0 Å². The summed E-state index contributed by atoms with van der Waals surface area (Å²) in [5.74, 6) is -2.38. The van der Waals surface area contributed by atoms with E-state index < -0.39 is 60.4 Å². The maximum absolute atomic E-state index is 11.0. The highest BCUT2D eigenvalue weighted by Crippen LogP contribution is 2.34. The molecule has 0 aliphatic carbocycles. The average Bonchev–Trinajstić information content (AvgIpc) is 3.05. The first-order valence-corrected chi connectivity index (χ1v) is 16.0. The van der Waals surface area contributed by atoms with E-state index in [4.69, 9.17) is 70.4 Å². The number of nitrogens with two attached hydrogens (primary N) is 3. The summed E-state index contributed by atoms with van der Waals surface area (Å²) in [5, 5.41) is 27.0. The van der Waals surface area contributed by atoms with Crippen LogP contribution >= 0.6 is 0 Å². The molecule has 1 fully saturated rings. The van der Waals surface area contributed by atoms with Crippen molar-refractivity contribution in [3.63, 3.8) is 0 Å². The molecule has 1 aliphatic rings. The third-order valence-corrected chi connectivity index (χ3v) is 7.41. The molecule has 1 aliphatic heterocycles. The van der Waals surface area contributed by atoms with Gasteiger partial charge in [-0.25, -0.2) is 0 Å². The maximum atomic E-state index is 11.0. The Morgan fingerprint density at radius 1 is 0.694 bits per heavy atom. The van der Waals surface area contributed by atoms with Crippen molar-refractivity contribution in [2.75, 3.05) is 60.0 Å². The number of carbonyl (C=O) groups is 3. The van der Waals surface area contributed by atoms with Crippen LogP contribution in [-0.2, 0) is 52.3 Å². The SMILES string of the molecule is CCC[C@@H]1C(COC/C=C(\C)OCC(N)C(=O)O)O[C@@H](COC)C(OC/C=C(\C)OCC(N)C(=O)O)[C@H]1OC/C=C(\C)OCC(N)C(=O)O. The molecule has 9 N–H and O–H groups in total. The molecule has 0 bridgehead atoms. The molecule has 8 atom stereocenters. The highest BCUT2D eigenvalue weighted by Gasteiger charge is 2.46. The van der Waals surface area contributed by atoms with Crippen LogP contribution in [0.5, 0.6) is 0 Å². The molecule has 1 heterocycles. The average molecular weight is 706 g/mol. The zero-order chi connectivity index (χ0) is 36.9. The molecule has 0 aromatic heterocycles. The van der Waals surface area contributed by atoms with E-state index in [1.54, 1.807) is 46.1 Å². The van der Waals surface area contributed by atoms with Crippen LogP contribution in [0.15, 0.2) is 35.5 Å². The van der Waals surface area contributed by atoms with Gasteiger partial charge >= 0.3 is 17.9 Å². The number of carboxylic acids is 3. The summed E-state index contributed by atoms with van der Waals surface area (Å²) in [5.41, 5.74) is 16.6. The fourth-order valence-corrected chi connectivity index (χ4v) is 4.60. The minimum Gasteiger partial charge on any atom is -0.496 e. The second kappa shape index (κ2) is 24.0. The second-order valence-electron chi connectivity index (χ2n) is 11.5. The van der Waals surface area contributed by atoms with E-state index in [9.17, 15) is 14.4 Å². The summed E-state index contributed by atoms with van der Waals surface area (Å²) < 4.78 is 46.9. The molecule has 0 saturated carbocycles. The van der Waals surface area contributed by atoms with Gasteiger partial charge in [0, 0.05) is 13.0 Å². The topological polar surface area (TPSA) is 264 Å². The number of allylic oxidation sites excluding steroid dienone is 3. The molecular weight excluding hydrogens is 650 g/mol. The third-order valence-electron chi connectivity index (χ3n) is 7.41. The quantitative estimate of drug-likeness (QED) is 0.0531. The number of aliphatic carboxylic acids is 3. The maximum Gasteiger partial charge on any atom is 0.324 e. The fourth-order valence-electron chi connectivity index (χ4n) is 4.60. The van der Waals surface area contributed by atoms with Gasteiger partial charge < -0.3 is 70.4 Å². The minimum absolute atomic E-state index is 0.0862. The summed E-state index contributed by atoms with van der Waals surface area (Å²) in [6.07, 6.45) is 4.38. The van der Waals surface area contributed by atoms with Gasteiger partial charge in [0.2, 0.25) is 0 Å². The Balaban J connectivity index is 3.14. The molecule has 17 heteroatoms. The summed E-state index contributed by atoms with van der Waals surface area (Å²) in [7, 11) is 1.54. The Kier molecular flexibility index (Phi) is 21.4. The molecule has 1 saturated heterocycles. The molecular formula is C32H55N3O14. The predicted molar refractivity (Wildman–Crippen MR) is 175 cm³/mol. The Morgan fingerprint density at radius 3 is 1.53 bits per heavy atom. The molecule has 5 unspecified atom stereocenters. The number of ether oxygens (including phenoxy) is 8. The largest absolute Gasteiger partial charge is 0.496 e. The zero-order valence-electron chi connectivity index (χ0n) is 29.0. The summed E-state index contributed by atoms with van der Waals surface area (Å²) in [6, 6.07) is -3.49. The smallest absolute Gasteiger partial charge is 0.324 e. The van der Waals surface area contributed by atoms with Gasteiger partial charge in [0.15, 0.2) is 0 Å². The highest BCUT2D eigenvalue weighted by molar-refractivity contribution is 5.73. The number of hydrogen-bond donors (Lipinski definition) is 6. The van der Waals surface area contributed by atoms with Gasteiger partial charge in [-0.05, 0) is 45.4 Å². The van der Waals surface area contributed by atoms with Gasteiger partial charge in [-0.1, -0.05) is 13.3 Å². The van der Waals surface area contributed by atoms with Crippen molar-refractivity contribution in [2.24, 2.45) is 23.1 Å². The predicted octanol–water partition coefficient (Wildman–Crippen LogP) is 0.600. The summed E-state index contributed by atoms with van der Waals surface area (Å²) in [6.45, 7) is 7.18. The lowest BCUT2D eigenvalue weighted by atomic mass is 9.83. The van der Waals surface area contributed by atoms with Crippen LogP contribution in [0.2, 0.25) is 0 Å². The lowest BCUT2D eigenvalue weighted by Crippen LogP contribution is -2.58. The van der Waals surface area contributed by atoms with Gasteiger partial charge in [-0.15, -0.1) is 0 Å². The molecule has 0 amide bonds. The van der Waals surface area contributed by atoms with E-state index in [1.165, 1.54) is 0 Å². The second-order valence-corrected chi connectivity index (χ2v) is 11.5. The van der Waals surface area contributed by atoms with Crippen molar-refractivity contribution in [3.8, 4) is 0 Å². The van der Waals surface area contributed by atoms with Crippen molar-refractivity contribution >= 4 is 17.9 Å². The minimum atomic E-state index is -1.18. The molecule has 1 rings (SSSR count). The number of hydrogen-bond acceptors (Lipinski definition) is 14. The standard InChI is InChI=1S/C32H55N3O14/c1-6-7-22-26(18-43-11-8-19(2)46-14-23(33)30(36)37)49-27(17-42-5)29(45-13-10-21(4)48-16-25(35)32(40)41)28(22)44-12-9-20(3)47-15-24(34)31(38)39/h8-10,22-29H,6-7,11-18,33-35H2,1-5H3,(H,36,37)(H,38,39)(H,40,41)/b19-8+,20-9+,21-10+/t22-,23?,24?,25?,26?,27+,28+,29?/m1/s1. The van der Waals surface area contributed by atoms with Gasteiger partial charge in [-0.3, -0.25) is 14.4 Å². The van der Waals surface area contributed by atoms with E-state index in [2.05, 4.69) is 0 Å². The summed E-state index contributed by atoms with van der Waals surface area (Å²) in [4.78, 5) is 33.0. The van der Waals surface area contributed by atoms with Crippen molar-refractivity contribution < 1.29 is 67.6 Å². The fraction of sp³-hybridized carbons (Fsp3) is 0.719. The first-order chi connectivity index (χ1) is 23.2.